The molecule has 0 fully saturated rings. The first kappa shape index (κ1) is 33.3. The minimum absolute atomic E-state index is 0.546. The molecule has 7 nitrogen and oxygen atoms in total. The van der Waals surface area contributed by atoms with Gasteiger partial charge in [-0.05, 0) is 30.3 Å². The average Bonchev–Trinajstić information content (AvgIpc) is 3.66. The van der Waals surface area contributed by atoms with E-state index in [9.17, 15) is 0 Å². The van der Waals surface area contributed by atoms with Crippen LogP contribution >= 0.6 is 11.8 Å². The molecule has 7 aromatic carbocycles. The van der Waals surface area contributed by atoms with Gasteiger partial charge < -0.3 is 4.42 Å². The van der Waals surface area contributed by atoms with Crippen molar-refractivity contribution in [2.75, 3.05) is 0 Å². The zero-order chi connectivity index (χ0) is 37.3. The van der Waals surface area contributed by atoms with Gasteiger partial charge in [-0.2, -0.15) is 0 Å². The average molecular weight is 739 g/mol. The van der Waals surface area contributed by atoms with Crippen LogP contribution in [0.15, 0.2) is 196 Å². The normalized spacial score (nSPS) is 11.3. The van der Waals surface area contributed by atoms with Crippen molar-refractivity contribution in [2.45, 2.75) is 9.79 Å². The summed E-state index contributed by atoms with van der Waals surface area (Å²) in [6.07, 6.45) is 0. The highest BCUT2D eigenvalue weighted by Gasteiger charge is 2.19. The SMILES string of the molecule is c1ccc(-c2nc(-c3ccccc3)nc(-c3ccc(Sc4ccccc4-c4nc(-c5ccccc5)nc(-c5cccc6c5oc5ccccc56)n4)cc3)n2)cc1. The number of para-hydroxylation sites is 2. The van der Waals surface area contributed by atoms with Crippen molar-refractivity contribution in [1.29, 1.82) is 0 Å². The van der Waals surface area contributed by atoms with Crippen LogP contribution in [0, 0.1) is 0 Å². The Balaban J connectivity index is 1.03. The molecule has 10 rings (SSSR count). The van der Waals surface area contributed by atoms with Crippen LogP contribution in [0.5, 0.6) is 0 Å². The lowest BCUT2D eigenvalue weighted by Crippen LogP contribution is -2.01. The number of hydrogen-bond donors (Lipinski definition) is 0. The number of aromatic nitrogens is 6. The molecule has 0 aliphatic rings. The fraction of sp³-hybridized carbons (Fsp3) is 0. The monoisotopic (exact) mass is 738 g/mol. The Morgan fingerprint density at radius 3 is 1.36 bits per heavy atom. The fourth-order valence-electron chi connectivity index (χ4n) is 6.73. The Morgan fingerprint density at radius 1 is 0.321 bits per heavy atom. The molecule has 3 aromatic heterocycles. The molecule has 0 spiro atoms. The molecule has 0 bridgehead atoms. The molecule has 10 aromatic rings. The third-order valence-corrected chi connectivity index (χ3v) is 10.6. The molecule has 0 radical (unpaired) electrons. The van der Waals surface area contributed by atoms with Crippen molar-refractivity contribution in [3.8, 4) is 68.3 Å². The number of fused-ring (bicyclic) bond motifs is 3. The van der Waals surface area contributed by atoms with E-state index in [1.807, 2.05) is 133 Å². The maximum absolute atomic E-state index is 6.41. The number of benzene rings is 7. The predicted molar refractivity (Wildman–Crippen MR) is 224 cm³/mol. The summed E-state index contributed by atoms with van der Waals surface area (Å²) in [5.41, 5.74) is 6.95. The van der Waals surface area contributed by atoms with Crippen molar-refractivity contribution in [3.05, 3.63) is 182 Å². The lowest BCUT2D eigenvalue weighted by molar-refractivity contribution is 0.669. The van der Waals surface area contributed by atoms with Crippen LogP contribution < -0.4 is 0 Å². The molecule has 0 aliphatic heterocycles. The first-order valence-electron chi connectivity index (χ1n) is 18.2. The lowest BCUT2D eigenvalue weighted by atomic mass is 10.1. The quantitative estimate of drug-likeness (QED) is 0.152. The highest BCUT2D eigenvalue weighted by molar-refractivity contribution is 7.99. The Labute approximate surface area is 326 Å². The van der Waals surface area contributed by atoms with Gasteiger partial charge in [0.15, 0.2) is 34.9 Å². The van der Waals surface area contributed by atoms with Crippen LogP contribution in [-0.2, 0) is 0 Å². The molecular weight excluding hydrogens is 709 g/mol. The molecule has 56 heavy (non-hydrogen) atoms. The highest BCUT2D eigenvalue weighted by atomic mass is 32.2. The van der Waals surface area contributed by atoms with Crippen molar-refractivity contribution >= 4 is 33.7 Å². The number of nitrogens with zero attached hydrogens (tertiary/aromatic N) is 6. The number of rotatable bonds is 8. The molecule has 0 amide bonds. The summed E-state index contributed by atoms with van der Waals surface area (Å²) in [5.74, 6) is 3.58. The topological polar surface area (TPSA) is 90.5 Å². The smallest absolute Gasteiger partial charge is 0.167 e. The van der Waals surface area contributed by atoms with E-state index >= 15 is 0 Å². The first-order valence-corrected chi connectivity index (χ1v) is 19.0. The predicted octanol–water partition coefficient (Wildman–Crippen LogP) is 12.1. The van der Waals surface area contributed by atoms with Gasteiger partial charge in [-0.3, -0.25) is 0 Å². The van der Waals surface area contributed by atoms with Gasteiger partial charge in [0.05, 0.1) is 5.56 Å². The summed E-state index contributed by atoms with van der Waals surface area (Å²) >= 11 is 1.65. The van der Waals surface area contributed by atoms with Crippen LogP contribution in [0.3, 0.4) is 0 Å². The molecule has 0 saturated carbocycles. The van der Waals surface area contributed by atoms with E-state index in [2.05, 4.69) is 48.5 Å². The maximum atomic E-state index is 6.41. The minimum atomic E-state index is 0.546. The van der Waals surface area contributed by atoms with Crippen LogP contribution in [0.25, 0.3) is 90.3 Å². The zero-order valence-electron chi connectivity index (χ0n) is 29.8. The first-order chi connectivity index (χ1) is 27.7. The van der Waals surface area contributed by atoms with E-state index in [1.54, 1.807) is 11.8 Å². The molecule has 0 atom stereocenters. The van der Waals surface area contributed by atoms with E-state index in [-0.39, 0.29) is 0 Å². The third kappa shape index (κ3) is 6.48. The fourth-order valence-corrected chi connectivity index (χ4v) is 7.68. The van der Waals surface area contributed by atoms with Gasteiger partial charge >= 0.3 is 0 Å². The minimum Gasteiger partial charge on any atom is -0.455 e. The second-order valence-electron chi connectivity index (χ2n) is 13.1. The molecular formula is C48H30N6OS. The molecule has 0 unspecified atom stereocenters. The Kier molecular flexibility index (Phi) is 8.62. The molecule has 8 heteroatoms. The van der Waals surface area contributed by atoms with E-state index in [1.165, 1.54) is 0 Å². The zero-order valence-corrected chi connectivity index (χ0v) is 30.6. The van der Waals surface area contributed by atoms with Crippen LogP contribution in [-0.4, -0.2) is 29.9 Å². The van der Waals surface area contributed by atoms with Crippen molar-refractivity contribution in [3.63, 3.8) is 0 Å². The van der Waals surface area contributed by atoms with E-state index in [0.29, 0.717) is 34.9 Å². The summed E-state index contributed by atoms with van der Waals surface area (Å²) in [5, 5.41) is 2.07. The van der Waals surface area contributed by atoms with Crippen molar-refractivity contribution < 1.29 is 4.42 Å². The van der Waals surface area contributed by atoms with Gasteiger partial charge in [0, 0.05) is 48.4 Å². The lowest BCUT2D eigenvalue weighted by Gasteiger charge is -2.12. The van der Waals surface area contributed by atoms with Crippen molar-refractivity contribution in [2.24, 2.45) is 0 Å². The van der Waals surface area contributed by atoms with Gasteiger partial charge in [0.25, 0.3) is 0 Å². The molecule has 0 aliphatic carbocycles. The molecule has 264 valence electrons. The summed E-state index contributed by atoms with van der Waals surface area (Å²) < 4.78 is 6.41. The Hall–Kier alpha value is -7.29. The highest BCUT2D eigenvalue weighted by Crippen LogP contribution is 2.39. The summed E-state index contributed by atoms with van der Waals surface area (Å²) in [6, 6.07) is 60.8. The van der Waals surface area contributed by atoms with Crippen LogP contribution in [0.2, 0.25) is 0 Å². The van der Waals surface area contributed by atoms with E-state index in [0.717, 1.165) is 65.1 Å². The van der Waals surface area contributed by atoms with Crippen LogP contribution in [0.1, 0.15) is 0 Å². The third-order valence-electron chi connectivity index (χ3n) is 9.48. The Morgan fingerprint density at radius 2 is 0.750 bits per heavy atom. The number of furan rings is 1. The van der Waals surface area contributed by atoms with E-state index in [4.69, 9.17) is 34.3 Å². The second-order valence-corrected chi connectivity index (χ2v) is 14.2. The van der Waals surface area contributed by atoms with E-state index < -0.39 is 0 Å². The molecule has 0 saturated heterocycles. The van der Waals surface area contributed by atoms with Gasteiger partial charge in [-0.1, -0.05) is 163 Å². The molecule has 3 heterocycles. The standard InChI is InChI=1S/C48H30N6OS/c1-4-15-31(16-5-1)43-49-44(32-17-6-2-7-18-32)51-46(50-43)34-27-29-35(30-28-34)56-41-26-13-11-22-38(41)47-52-45(33-19-8-3-9-20-33)53-48(54-47)39-24-14-23-37-36-21-10-12-25-40(36)55-42(37)39/h1-30H. The number of hydrogen-bond acceptors (Lipinski definition) is 8. The summed E-state index contributed by atoms with van der Waals surface area (Å²) in [7, 11) is 0. The summed E-state index contributed by atoms with van der Waals surface area (Å²) in [4.78, 5) is 31.9. The second kappa shape index (κ2) is 14.5. The molecule has 0 N–H and O–H groups in total. The van der Waals surface area contributed by atoms with Crippen molar-refractivity contribution in [1.82, 2.24) is 29.9 Å². The van der Waals surface area contributed by atoms with Gasteiger partial charge in [-0.15, -0.1) is 0 Å². The largest absolute Gasteiger partial charge is 0.455 e. The van der Waals surface area contributed by atoms with Crippen LogP contribution in [0.4, 0.5) is 0 Å². The Bertz CT molecular complexity index is 2930. The van der Waals surface area contributed by atoms with Gasteiger partial charge in [-0.25, -0.2) is 29.9 Å². The summed E-state index contributed by atoms with van der Waals surface area (Å²) in [6.45, 7) is 0. The van der Waals surface area contributed by atoms with Gasteiger partial charge in [0.1, 0.15) is 11.2 Å². The van der Waals surface area contributed by atoms with Gasteiger partial charge in [0.2, 0.25) is 0 Å². The maximum Gasteiger partial charge on any atom is 0.167 e.